The maximum absolute atomic E-state index is 13.8. The van der Waals surface area contributed by atoms with Gasteiger partial charge < -0.3 is 10.4 Å². The van der Waals surface area contributed by atoms with Gasteiger partial charge in [0.15, 0.2) is 0 Å². The molecule has 21 heavy (non-hydrogen) atoms. The summed E-state index contributed by atoms with van der Waals surface area (Å²) < 4.78 is 13.8. The van der Waals surface area contributed by atoms with Crippen LogP contribution in [0.5, 0.6) is 5.75 Å². The molecule has 0 spiro atoms. The lowest BCUT2D eigenvalue weighted by atomic mass is 10.0. The standard InChI is InChI=1S/C17H20FNOS/c1-11(13-4-7-15(21-3)8-5-13)19-12(2)16-9-6-14(20)10-17(16)18/h4-12,19-20H,1-3H3. The number of thioether (sulfide) groups is 1. The molecule has 2 rings (SSSR count). The molecule has 2 aromatic rings. The van der Waals surface area contributed by atoms with Crippen molar-refractivity contribution in [3.8, 4) is 5.75 Å². The van der Waals surface area contributed by atoms with E-state index < -0.39 is 0 Å². The van der Waals surface area contributed by atoms with Gasteiger partial charge in [0.2, 0.25) is 0 Å². The Bertz CT molecular complexity index is 600. The average Bonchev–Trinajstić information content (AvgIpc) is 2.47. The van der Waals surface area contributed by atoms with Crippen LogP contribution in [-0.4, -0.2) is 11.4 Å². The highest BCUT2D eigenvalue weighted by Crippen LogP contribution is 2.25. The molecule has 0 amide bonds. The topological polar surface area (TPSA) is 32.3 Å². The summed E-state index contributed by atoms with van der Waals surface area (Å²) in [7, 11) is 0. The molecule has 0 bridgehead atoms. The number of hydrogen-bond donors (Lipinski definition) is 2. The average molecular weight is 305 g/mol. The van der Waals surface area contributed by atoms with Crippen molar-refractivity contribution in [3.05, 3.63) is 59.4 Å². The van der Waals surface area contributed by atoms with E-state index in [0.717, 1.165) is 6.07 Å². The second-order valence-electron chi connectivity index (χ2n) is 5.09. The summed E-state index contributed by atoms with van der Waals surface area (Å²) in [4.78, 5) is 1.23. The first-order valence-corrected chi connectivity index (χ1v) is 8.12. The molecule has 0 saturated carbocycles. The van der Waals surface area contributed by atoms with Crippen LogP contribution in [0.2, 0.25) is 0 Å². The summed E-state index contributed by atoms with van der Waals surface area (Å²) in [6.07, 6.45) is 2.05. The Balaban J connectivity index is 2.08. The number of aromatic hydroxyl groups is 1. The van der Waals surface area contributed by atoms with Gasteiger partial charge in [-0.25, -0.2) is 4.39 Å². The van der Waals surface area contributed by atoms with Crippen molar-refractivity contribution in [2.45, 2.75) is 30.8 Å². The van der Waals surface area contributed by atoms with E-state index in [2.05, 4.69) is 36.5 Å². The number of hydrogen-bond acceptors (Lipinski definition) is 3. The van der Waals surface area contributed by atoms with Gasteiger partial charge in [0.1, 0.15) is 11.6 Å². The zero-order valence-corrected chi connectivity index (χ0v) is 13.2. The third-order valence-corrected chi connectivity index (χ3v) is 4.31. The molecule has 0 saturated heterocycles. The maximum Gasteiger partial charge on any atom is 0.131 e. The molecular formula is C17H20FNOS. The van der Waals surface area contributed by atoms with E-state index in [1.54, 1.807) is 17.8 Å². The summed E-state index contributed by atoms with van der Waals surface area (Å²) in [5.41, 5.74) is 1.72. The monoisotopic (exact) mass is 305 g/mol. The molecule has 2 aromatic carbocycles. The number of benzene rings is 2. The molecule has 0 heterocycles. The predicted molar refractivity (Wildman–Crippen MR) is 86.3 cm³/mol. The minimum atomic E-state index is -0.389. The van der Waals surface area contributed by atoms with Crippen molar-refractivity contribution in [2.75, 3.05) is 6.26 Å². The molecule has 0 radical (unpaired) electrons. The van der Waals surface area contributed by atoms with E-state index in [9.17, 15) is 9.50 Å². The number of halogens is 1. The highest BCUT2D eigenvalue weighted by Gasteiger charge is 2.14. The fourth-order valence-electron chi connectivity index (χ4n) is 2.32. The van der Waals surface area contributed by atoms with Crippen LogP contribution in [0.4, 0.5) is 4.39 Å². The third-order valence-electron chi connectivity index (χ3n) is 3.57. The Kier molecular flexibility index (Phi) is 5.26. The summed E-state index contributed by atoms with van der Waals surface area (Å²) in [6.45, 7) is 3.98. The van der Waals surface area contributed by atoms with Gasteiger partial charge in [0.05, 0.1) is 0 Å². The van der Waals surface area contributed by atoms with E-state index in [0.29, 0.717) is 5.56 Å². The summed E-state index contributed by atoms with van der Waals surface area (Å²) in [6, 6.07) is 12.6. The van der Waals surface area contributed by atoms with E-state index in [1.807, 2.05) is 13.2 Å². The summed E-state index contributed by atoms with van der Waals surface area (Å²) in [5, 5.41) is 12.6. The van der Waals surface area contributed by atoms with Crippen LogP contribution < -0.4 is 5.32 Å². The van der Waals surface area contributed by atoms with Crippen molar-refractivity contribution in [2.24, 2.45) is 0 Å². The summed E-state index contributed by atoms with van der Waals surface area (Å²) in [5.74, 6) is -0.441. The lowest BCUT2D eigenvalue weighted by molar-refractivity contribution is 0.454. The Morgan fingerprint density at radius 2 is 1.71 bits per heavy atom. The highest BCUT2D eigenvalue weighted by atomic mass is 32.2. The van der Waals surface area contributed by atoms with Gasteiger partial charge in [-0.2, -0.15) is 0 Å². The molecule has 4 heteroatoms. The van der Waals surface area contributed by atoms with E-state index in [1.165, 1.54) is 16.5 Å². The van der Waals surface area contributed by atoms with Crippen LogP contribution >= 0.6 is 11.8 Å². The normalized spacial score (nSPS) is 13.9. The second kappa shape index (κ2) is 6.96. The lowest BCUT2D eigenvalue weighted by Crippen LogP contribution is -2.23. The zero-order valence-electron chi connectivity index (χ0n) is 12.4. The molecule has 0 fully saturated rings. The molecule has 2 nitrogen and oxygen atoms in total. The van der Waals surface area contributed by atoms with Gasteiger partial charge in [-0.3, -0.25) is 0 Å². The van der Waals surface area contributed by atoms with Crippen molar-refractivity contribution < 1.29 is 9.50 Å². The van der Waals surface area contributed by atoms with Crippen LogP contribution in [0, 0.1) is 5.82 Å². The van der Waals surface area contributed by atoms with E-state index in [4.69, 9.17) is 0 Å². The third kappa shape index (κ3) is 3.99. The van der Waals surface area contributed by atoms with Crippen LogP contribution in [0.15, 0.2) is 47.4 Å². The second-order valence-corrected chi connectivity index (χ2v) is 5.97. The molecule has 0 aliphatic rings. The quantitative estimate of drug-likeness (QED) is 0.788. The van der Waals surface area contributed by atoms with Crippen LogP contribution in [0.1, 0.15) is 37.1 Å². The molecule has 0 aromatic heterocycles. The molecular weight excluding hydrogens is 285 g/mol. The van der Waals surface area contributed by atoms with E-state index >= 15 is 0 Å². The van der Waals surface area contributed by atoms with E-state index in [-0.39, 0.29) is 23.7 Å². The van der Waals surface area contributed by atoms with Gasteiger partial charge in [-0.15, -0.1) is 11.8 Å². The predicted octanol–water partition coefficient (Wildman–Crippen LogP) is 4.67. The Morgan fingerprint density at radius 1 is 1.05 bits per heavy atom. The first kappa shape index (κ1) is 15.9. The number of phenols is 1. The van der Waals surface area contributed by atoms with Crippen LogP contribution in [0.3, 0.4) is 0 Å². The van der Waals surface area contributed by atoms with Gasteiger partial charge in [0.25, 0.3) is 0 Å². The number of nitrogens with one attached hydrogen (secondary N) is 1. The minimum absolute atomic E-state index is 0.0517. The van der Waals surface area contributed by atoms with Crippen molar-refractivity contribution in [3.63, 3.8) is 0 Å². The van der Waals surface area contributed by atoms with Crippen molar-refractivity contribution in [1.29, 1.82) is 0 Å². The van der Waals surface area contributed by atoms with Crippen LogP contribution in [0.25, 0.3) is 0 Å². The Hall–Kier alpha value is -1.52. The van der Waals surface area contributed by atoms with Gasteiger partial charge in [0, 0.05) is 28.6 Å². The largest absolute Gasteiger partial charge is 0.508 e. The Morgan fingerprint density at radius 3 is 2.29 bits per heavy atom. The Labute approximate surface area is 129 Å². The van der Waals surface area contributed by atoms with Crippen molar-refractivity contribution in [1.82, 2.24) is 5.32 Å². The fraction of sp³-hybridized carbons (Fsp3) is 0.294. The van der Waals surface area contributed by atoms with Crippen molar-refractivity contribution >= 4 is 11.8 Å². The fourth-order valence-corrected chi connectivity index (χ4v) is 2.73. The molecule has 0 aliphatic heterocycles. The lowest BCUT2D eigenvalue weighted by Gasteiger charge is -2.21. The first-order chi connectivity index (χ1) is 10.0. The molecule has 2 unspecified atom stereocenters. The van der Waals surface area contributed by atoms with Crippen LogP contribution in [-0.2, 0) is 0 Å². The maximum atomic E-state index is 13.8. The SMILES string of the molecule is CSc1ccc(C(C)NC(C)c2ccc(O)cc2F)cc1. The van der Waals surface area contributed by atoms with Gasteiger partial charge in [-0.05, 0) is 43.9 Å². The molecule has 2 N–H and O–H groups in total. The zero-order chi connectivity index (χ0) is 15.4. The summed E-state index contributed by atoms with van der Waals surface area (Å²) >= 11 is 1.71. The number of rotatable bonds is 5. The molecule has 112 valence electrons. The molecule has 2 atom stereocenters. The van der Waals surface area contributed by atoms with Gasteiger partial charge in [-0.1, -0.05) is 18.2 Å². The molecule has 0 aliphatic carbocycles. The highest BCUT2D eigenvalue weighted by molar-refractivity contribution is 7.98. The number of phenolic OH excluding ortho intramolecular Hbond substituents is 1. The first-order valence-electron chi connectivity index (χ1n) is 6.89. The minimum Gasteiger partial charge on any atom is -0.508 e. The smallest absolute Gasteiger partial charge is 0.131 e. The van der Waals surface area contributed by atoms with Gasteiger partial charge >= 0.3 is 0 Å².